The number of ether oxygens (including phenoxy) is 1. The fourth-order valence-corrected chi connectivity index (χ4v) is 2.51. The molecule has 1 aromatic rings. The van der Waals surface area contributed by atoms with Crippen LogP contribution in [0.3, 0.4) is 0 Å². The molecule has 1 heterocycles. The van der Waals surface area contributed by atoms with E-state index < -0.39 is 0 Å². The Kier molecular flexibility index (Phi) is 5.05. The highest BCUT2D eigenvalue weighted by Crippen LogP contribution is 2.34. The molecule has 0 saturated heterocycles. The summed E-state index contributed by atoms with van der Waals surface area (Å²) in [4.78, 5) is 2.44. The molecule has 2 rings (SSSR count). The molecule has 1 aliphatic rings. The number of hydrogen-bond acceptors (Lipinski definition) is 4. The van der Waals surface area contributed by atoms with Crippen molar-refractivity contribution in [3.8, 4) is 11.5 Å². The number of benzene rings is 1. The van der Waals surface area contributed by atoms with Gasteiger partial charge in [0.25, 0.3) is 0 Å². The molecule has 2 N–H and O–H groups in total. The number of fused-ring (bicyclic) bond motifs is 1. The third-order valence-corrected chi connectivity index (χ3v) is 3.58. The Balaban J connectivity index is 1.83. The van der Waals surface area contributed by atoms with E-state index in [4.69, 9.17) is 4.74 Å². The Morgan fingerprint density at radius 1 is 1.37 bits per heavy atom. The summed E-state index contributed by atoms with van der Waals surface area (Å²) in [6.45, 7) is 9.34. The van der Waals surface area contributed by atoms with E-state index in [0.29, 0.717) is 6.61 Å². The first-order chi connectivity index (χ1) is 9.24. The molecule has 1 unspecified atom stereocenters. The minimum Gasteiger partial charge on any atom is -0.508 e. The summed E-state index contributed by atoms with van der Waals surface area (Å²) in [6, 6.07) is 5.60. The summed E-state index contributed by atoms with van der Waals surface area (Å²) in [6.07, 6.45) is 1.20. The smallest absolute Gasteiger partial charge is 0.127 e. The second-order valence-electron chi connectivity index (χ2n) is 4.97. The van der Waals surface area contributed by atoms with Gasteiger partial charge in [0, 0.05) is 24.7 Å². The lowest BCUT2D eigenvalue weighted by atomic mass is 10.1. The van der Waals surface area contributed by atoms with Crippen molar-refractivity contribution < 1.29 is 9.84 Å². The molecule has 0 aliphatic carbocycles. The molecule has 0 amide bonds. The van der Waals surface area contributed by atoms with Crippen LogP contribution in [0.5, 0.6) is 11.5 Å². The van der Waals surface area contributed by atoms with Crippen LogP contribution in [0.1, 0.15) is 31.9 Å². The molecule has 0 fully saturated rings. The molecule has 0 radical (unpaired) electrons. The molecule has 0 bridgehead atoms. The van der Waals surface area contributed by atoms with Crippen LogP contribution in [0.25, 0.3) is 0 Å². The molecule has 19 heavy (non-hydrogen) atoms. The summed E-state index contributed by atoms with van der Waals surface area (Å²) in [7, 11) is 0. The third-order valence-electron chi connectivity index (χ3n) is 3.58. The number of rotatable bonds is 7. The Morgan fingerprint density at radius 2 is 2.21 bits per heavy atom. The van der Waals surface area contributed by atoms with E-state index in [0.717, 1.165) is 37.5 Å². The Labute approximate surface area is 115 Å². The fraction of sp³-hybridized carbons (Fsp3) is 0.600. The van der Waals surface area contributed by atoms with E-state index in [1.54, 1.807) is 12.1 Å². The fourth-order valence-electron chi connectivity index (χ4n) is 2.51. The molecule has 0 saturated carbocycles. The van der Waals surface area contributed by atoms with Gasteiger partial charge in [-0.25, -0.2) is 0 Å². The number of phenolic OH excluding ortho intramolecular Hbond substituents is 1. The summed E-state index contributed by atoms with van der Waals surface area (Å²) in [5.74, 6) is 1.07. The second kappa shape index (κ2) is 6.78. The van der Waals surface area contributed by atoms with Crippen molar-refractivity contribution in [2.24, 2.45) is 0 Å². The van der Waals surface area contributed by atoms with Crippen molar-refractivity contribution in [1.82, 2.24) is 10.2 Å². The van der Waals surface area contributed by atoms with E-state index in [1.807, 2.05) is 6.07 Å². The van der Waals surface area contributed by atoms with Crippen LogP contribution < -0.4 is 10.1 Å². The number of nitrogens with zero attached hydrogens (tertiary/aromatic N) is 1. The van der Waals surface area contributed by atoms with Crippen molar-refractivity contribution in [2.75, 3.05) is 32.8 Å². The van der Waals surface area contributed by atoms with Gasteiger partial charge >= 0.3 is 0 Å². The highest BCUT2D eigenvalue weighted by Gasteiger charge is 2.23. The Hall–Kier alpha value is -1.26. The van der Waals surface area contributed by atoms with Gasteiger partial charge < -0.3 is 20.1 Å². The highest BCUT2D eigenvalue weighted by atomic mass is 16.5. The van der Waals surface area contributed by atoms with Crippen molar-refractivity contribution in [3.05, 3.63) is 23.8 Å². The summed E-state index contributed by atoms with van der Waals surface area (Å²) >= 11 is 0. The van der Waals surface area contributed by atoms with Crippen molar-refractivity contribution in [3.63, 3.8) is 0 Å². The standard InChI is InChI=1S/C15H24N2O2/c1-3-8-17(4-2)9-7-16-14-11-19-15-10-12(18)5-6-13(14)15/h5-6,10,14,16,18H,3-4,7-9,11H2,1-2H3. The summed E-state index contributed by atoms with van der Waals surface area (Å²) < 4.78 is 5.59. The van der Waals surface area contributed by atoms with E-state index in [-0.39, 0.29) is 11.8 Å². The zero-order chi connectivity index (χ0) is 13.7. The molecule has 1 atom stereocenters. The van der Waals surface area contributed by atoms with Crippen LogP contribution in [-0.2, 0) is 0 Å². The van der Waals surface area contributed by atoms with Gasteiger partial charge in [0.15, 0.2) is 0 Å². The van der Waals surface area contributed by atoms with Crippen molar-refractivity contribution in [1.29, 1.82) is 0 Å². The molecular weight excluding hydrogens is 240 g/mol. The van der Waals surface area contributed by atoms with Gasteiger partial charge in [-0.05, 0) is 31.6 Å². The van der Waals surface area contributed by atoms with Gasteiger partial charge in [0.05, 0.1) is 6.04 Å². The van der Waals surface area contributed by atoms with Gasteiger partial charge in [-0.15, -0.1) is 0 Å². The molecule has 4 heteroatoms. The predicted molar refractivity (Wildman–Crippen MR) is 76.8 cm³/mol. The van der Waals surface area contributed by atoms with Gasteiger partial charge in [0.1, 0.15) is 18.1 Å². The molecule has 1 aromatic carbocycles. The molecule has 0 spiro atoms. The number of aromatic hydroxyl groups is 1. The van der Waals surface area contributed by atoms with Crippen LogP contribution in [0.15, 0.2) is 18.2 Å². The first kappa shape index (κ1) is 14.2. The van der Waals surface area contributed by atoms with E-state index in [2.05, 4.69) is 24.1 Å². The monoisotopic (exact) mass is 264 g/mol. The van der Waals surface area contributed by atoms with Crippen LogP contribution in [0, 0.1) is 0 Å². The number of hydrogen-bond donors (Lipinski definition) is 2. The van der Waals surface area contributed by atoms with E-state index in [1.165, 1.54) is 6.42 Å². The molecule has 106 valence electrons. The molecule has 1 aliphatic heterocycles. The lowest BCUT2D eigenvalue weighted by Gasteiger charge is -2.21. The largest absolute Gasteiger partial charge is 0.508 e. The number of likely N-dealkylation sites (N-methyl/N-ethyl adjacent to an activating group) is 1. The first-order valence-corrected chi connectivity index (χ1v) is 7.16. The quantitative estimate of drug-likeness (QED) is 0.792. The van der Waals surface area contributed by atoms with Crippen LogP contribution in [0.4, 0.5) is 0 Å². The molecular formula is C15H24N2O2. The SMILES string of the molecule is CCCN(CC)CCNC1COc2cc(O)ccc21. The third kappa shape index (κ3) is 3.61. The number of nitrogens with one attached hydrogen (secondary N) is 1. The highest BCUT2D eigenvalue weighted by molar-refractivity contribution is 5.44. The van der Waals surface area contributed by atoms with Crippen molar-refractivity contribution in [2.45, 2.75) is 26.3 Å². The lowest BCUT2D eigenvalue weighted by Crippen LogP contribution is -2.34. The van der Waals surface area contributed by atoms with Crippen LogP contribution >= 0.6 is 0 Å². The minimum absolute atomic E-state index is 0.246. The van der Waals surface area contributed by atoms with Gasteiger partial charge in [-0.2, -0.15) is 0 Å². The minimum atomic E-state index is 0.246. The maximum Gasteiger partial charge on any atom is 0.127 e. The first-order valence-electron chi connectivity index (χ1n) is 7.16. The molecule has 0 aromatic heterocycles. The maximum absolute atomic E-state index is 9.42. The average Bonchev–Trinajstić information content (AvgIpc) is 2.80. The van der Waals surface area contributed by atoms with Crippen molar-refractivity contribution >= 4 is 0 Å². The van der Waals surface area contributed by atoms with Gasteiger partial charge in [-0.3, -0.25) is 0 Å². The van der Waals surface area contributed by atoms with E-state index >= 15 is 0 Å². The van der Waals surface area contributed by atoms with Gasteiger partial charge in [0.2, 0.25) is 0 Å². The van der Waals surface area contributed by atoms with Gasteiger partial charge in [-0.1, -0.05) is 13.8 Å². The van der Waals surface area contributed by atoms with Crippen LogP contribution in [0.2, 0.25) is 0 Å². The number of phenols is 1. The Bertz CT molecular complexity index is 409. The maximum atomic E-state index is 9.42. The Morgan fingerprint density at radius 3 is 2.95 bits per heavy atom. The predicted octanol–water partition coefficient (Wildman–Crippen LogP) is 2.15. The summed E-state index contributed by atoms with van der Waals surface area (Å²) in [5.41, 5.74) is 1.15. The topological polar surface area (TPSA) is 44.7 Å². The lowest BCUT2D eigenvalue weighted by molar-refractivity contribution is 0.269. The summed E-state index contributed by atoms with van der Waals surface area (Å²) in [5, 5.41) is 12.9. The van der Waals surface area contributed by atoms with E-state index in [9.17, 15) is 5.11 Å². The molecule has 4 nitrogen and oxygen atoms in total. The zero-order valence-electron chi connectivity index (χ0n) is 11.9. The normalized spacial score (nSPS) is 17.5. The van der Waals surface area contributed by atoms with Crippen LogP contribution in [-0.4, -0.2) is 42.8 Å². The average molecular weight is 264 g/mol. The zero-order valence-corrected chi connectivity index (χ0v) is 11.9. The second-order valence-corrected chi connectivity index (χ2v) is 4.97.